The zero-order valence-electron chi connectivity index (χ0n) is 20.6. The average Bonchev–Trinajstić information content (AvgIpc) is 2.87. The normalized spacial score (nSPS) is 15.1. The molecule has 1 fully saturated rings. The van der Waals surface area contributed by atoms with Crippen LogP contribution in [-0.2, 0) is 9.84 Å². The Balaban J connectivity index is 1.26. The monoisotopic (exact) mass is 565 g/mol. The summed E-state index contributed by atoms with van der Waals surface area (Å²) in [6, 6.07) is 7.81. The van der Waals surface area contributed by atoms with Crippen molar-refractivity contribution in [2.75, 3.05) is 32.4 Å². The minimum atomic E-state index is -3.47. The Kier molecular flexibility index (Phi) is 8.48. The third-order valence-corrected chi connectivity index (χ3v) is 8.59. The molecule has 1 aliphatic heterocycles. The van der Waals surface area contributed by atoms with Crippen molar-refractivity contribution in [3.8, 4) is 5.75 Å². The molecule has 3 aromatic rings. The molecule has 1 aliphatic rings. The average molecular weight is 567 g/mol. The van der Waals surface area contributed by atoms with Gasteiger partial charge in [0.05, 0.1) is 15.5 Å². The van der Waals surface area contributed by atoms with E-state index in [-0.39, 0.29) is 22.3 Å². The maximum absolute atomic E-state index is 12.8. The zero-order chi connectivity index (χ0) is 26.7. The highest BCUT2D eigenvalue weighted by Gasteiger charge is 2.22. The van der Waals surface area contributed by atoms with Crippen molar-refractivity contribution in [1.82, 2.24) is 15.2 Å². The number of carbonyl (C=O) groups is 1. The molecule has 0 aliphatic carbocycles. The van der Waals surface area contributed by atoms with Crippen LogP contribution in [-0.4, -0.2) is 62.7 Å². The number of amides is 1. The SMILES string of the molecule is Cc1c(Cl)ccc(OC2CCN(CCCNC(=O)c3c[nH]c(=O)c4cc(S(C)(=O)=O)ccc34)CC2)c1Cl. The first-order valence-corrected chi connectivity index (χ1v) is 14.7. The topological polar surface area (TPSA) is 109 Å². The molecular formula is C26H29Cl2N3O5S. The van der Waals surface area contributed by atoms with Gasteiger partial charge in [-0.05, 0) is 62.6 Å². The summed E-state index contributed by atoms with van der Waals surface area (Å²) in [4.78, 5) is 29.9. The third-order valence-electron chi connectivity index (χ3n) is 6.60. The summed E-state index contributed by atoms with van der Waals surface area (Å²) in [7, 11) is -3.47. The summed E-state index contributed by atoms with van der Waals surface area (Å²) in [5.74, 6) is 0.336. The predicted molar refractivity (Wildman–Crippen MR) is 146 cm³/mol. The molecule has 1 amide bonds. The maximum Gasteiger partial charge on any atom is 0.255 e. The van der Waals surface area contributed by atoms with Gasteiger partial charge < -0.3 is 19.9 Å². The van der Waals surface area contributed by atoms with Gasteiger partial charge in [0.25, 0.3) is 11.5 Å². The molecular weight excluding hydrogens is 537 g/mol. The molecule has 0 unspecified atom stereocenters. The second kappa shape index (κ2) is 11.4. The molecule has 0 atom stereocenters. The number of aromatic amines is 1. The van der Waals surface area contributed by atoms with E-state index in [0.717, 1.165) is 50.7 Å². The summed E-state index contributed by atoms with van der Waals surface area (Å²) in [5, 5.41) is 4.64. The van der Waals surface area contributed by atoms with Crippen molar-refractivity contribution < 1.29 is 17.9 Å². The van der Waals surface area contributed by atoms with Crippen LogP contribution in [0.5, 0.6) is 5.75 Å². The van der Waals surface area contributed by atoms with Gasteiger partial charge in [0.15, 0.2) is 9.84 Å². The molecule has 0 saturated carbocycles. The summed E-state index contributed by atoms with van der Waals surface area (Å²) < 4.78 is 29.8. The molecule has 1 saturated heterocycles. The summed E-state index contributed by atoms with van der Waals surface area (Å²) in [5.41, 5.74) is 0.662. The number of piperidine rings is 1. The third kappa shape index (κ3) is 6.46. The fourth-order valence-electron chi connectivity index (χ4n) is 4.42. The van der Waals surface area contributed by atoms with Crippen LogP contribution < -0.4 is 15.6 Å². The van der Waals surface area contributed by atoms with Crippen LogP contribution in [0.4, 0.5) is 0 Å². The van der Waals surface area contributed by atoms with Gasteiger partial charge in [0, 0.05) is 47.9 Å². The number of pyridine rings is 1. The highest BCUT2D eigenvalue weighted by molar-refractivity contribution is 7.90. The molecule has 2 heterocycles. The molecule has 0 spiro atoms. The lowest BCUT2D eigenvalue weighted by Crippen LogP contribution is -2.39. The molecule has 2 N–H and O–H groups in total. The van der Waals surface area contributed by atoms with E-state index in [1.807, 2.05) is 13.0 Å². The molecule has 0 bridgehead atoms. The zero-order valence-corrected chi connectivity index (χ0v) is 23.0. The number of sulfone groups is 1. The standard InChI is InChI=1S/C26H29Cl2N3O5S/c1-16-22(27)6-7-23(24(16)28)36-17-8-12-31(13-9-17)11-3-10-29-26(33)21-15-30-25(32)20-14-18(37(2,34)35)4-5-19(20)21/h4-7,14-15,17H,3,8-13H2,1-2H3,(H,29,33)(H,30,32). The predicted octanol–water partition coefficient (Wildman–Crippen LogP) is 4.21. The first-order chi connectivity index (χ1) is 17.5. The molecule has 1 aromatic heterocycles. The van der Waals surface area contributed by atoms with E-state index in [4.69, 9.17) is 27.9 Å². The largest absolute Gasteiger partial charge is 0.489 e. The number of H-pyrrole nitrogens is 1. The van der Waals surface area contributed by atoms with E-state index in [9.17, 15) is 18.0 Å². The Morgan fingerprint density at radius 3 is 2.59 bits per heavy atom. The Labute approximate surface area is 225 Å². The lowest BCUT2D eigenvalue weighted by atomic mass is 10.1. The van der Waals surface area contributed by atoms with Gasteiger partial charge in [-0.3, -0.25) is 9.59 Å². The van der Waals surface area contributed by atoms with Gasteiger partial charge in [-0.2, -0.15) is 0 Å². The molecule has 11 heteroatoms. The van der Waals surface area contributed by atoms with Crippen LogP contribution in [0.25, 0.3) is 10.8 Å². The Hall–Kier alpha value is -2.59. The highest BCUT2D eigenvalue weighted by Crippen LogP contribution is 2.34. The van der Waals surface area contributed by atoms with Crippen molar-refractivity contribution in [1.29, 1.82) is 0 Å². The molecule has 8 nitrogen and oxygen atoms in total. The quantitative estimate of drug-likeness (QED) is 0.396. The van der Waals surface area contributed by atoms with Gasteiger partial charge in [0.2, 0.25) is 0 Å². The van der Waals surface area contributed by atoms with E-state index in [0.29, 0.717) is 33.3 Å². The number of hydrogen-bond acceptors (Lipinski definition) is 6. The van der Waals surface area contributed by atoms with E-state index in [2.05, 4.69) is 15.2 Å². The first-order valence-electron chi connectivity index (χ1n) is 12.0. The van der Waals surface area contributed by atoms with E-state index >= 15 is 0 Å². The van der Waals surface area contributed by atoms with Gasteiger partial charge in [-0.1, -0.05) is 29.3 Å². The van der Waals surface area contributed by atoms with Crippen LogP contribution in [0, 0.1) is 6.92 Å². The van der Waals surface area contributed by atoms with E-state index in [1.165, 1.54) is 24.4 Å². The van der Waals surface area contributed by atoms with Crippen molar-refractivity contribution in [3.63, 3.8) is 0 Å². The van der Waals surface area contributed by atoms with E-state index < -0.39 is 15.4 Å². The van der Waals surface area contributed by atoms with Crippen LogP contribution in [0.3, 0.4) is 0 Å². The number of nitrogens with zero attached hydrogens (tertiary/aromatic N) is 1. The number of likely N-dealkylation sites (tertiary alicyclic amines) is 1. The van der Waals surface area contributed by atoms with Gasteiger partial charge >= 0.3 is 0 Å². The highest BCUT2D eigenvalue weighted by atomic mass is 35.5. The number of nitrogens with one attached hydrogen (secondary N) is 2. The van der Waals surface area contributed by atoms with Gasteiger partial charge in [0.1, 0.15) is 11.9 Å². The summed E-state index contributed by atoms with van der Waals surface area (Å²) in [6.45, 7) is 4.94. The minimum Gasteiger partial charge on any atom is -0.489 e. The maximum atomic E-state index is 12.8. The minimum absolute atomic E-state index is 0.0311. The smallest absolute Gasteiger partial charge is 0.255 e. The Bertz CT molecular complexity index is 1480. The number of rotatable bonds is 8. The van der Waals surface area contributed by atoms with Crippen molar-refractivity contribution in [2.24, 2.45) is 0 Å². The fourth-order valence-corrected chi connectivity index (χ4v) is 5.48. The Morgan fingerprint density at radius 1 is 1.16 bits per heavy atom. The van der Waals surface area contributed by atoms with Crippen molar-refractivity contribution in [3.05, 3.63) is 68.1 Å². The van der Waals surface area contributed by atoms with Gasteiger partial charge in [-0.15, -0.1) is 0 Å². The first kappa shape index (κ1) is 27.4. The van der Waals surface area contributed by atoms with Crippen molar-refractivity contribution in [2.45, 2.75) is 37.2 Å². The molecule has 198 valence electrons. The number of ether oxygens (including phenoxy) is 1. The fraction of sp³-hybridized carbons (Fsp3) is 0.385. The molecule has 37 heavy (non-hydrogen) atoms. The lowest BCUT2D eigenvalue weighted by Gasteiger charge is -2.32. The molecule has 2 aromatic carbocycles. The van der Waals surface area contributed by atoms with Crippen molar-refractivity contribution >= 4 is 49.7 Å². The number of carbonyl (C=O) groups excluding carboxylic acids is 1. The lowest BCUT2D eigenvalue weighted by molar-refractivity contribution is 0.0936. The second-order valence-electron chi connectivity index (χ2n) is 9.26. The van der Waals surface area contributed by atoms with Crippen LogP contribution in [0.15, 0.2) is 46.2 Å². The number of halogens is 2. The Morgan fingerprint density at radius 2 is 1.89 bits per heavy atom. The van der Waals surface area contributed by atoms with Crippen LogP contribution in [0.2, 0.25) is 10.0 Å². The van der Waals surface area contributed by atoms with Crippen LogP contribution in [0.1, 0.15) is 35.2 Å². The second-order valence-corrected chi connectivity index (χ2v) is 12.1. The number of fused-ring (bicyclic) bond motifs is 1. The summed E-state index contributed by atoms with van der Waals surface area (Å²) >= 11 is 12.5. The molecule has 4 rings (SSSR count). The number of benzene rings is 2. The van der Waals surface area contributed by atoms with Gasteiger partial charge in [-0.25, -0.2) is 8.42 Å². The number of aromatic nitrogens is 1. The van der Waals surface area contributed by atoms with E-state index in [1.54, 1.807) is 6.07 Å². The van der Waals surface area contributed by atoms with Crippen LogP contribution >= 0.6 is 23.2 Å². The summed E-state index contributed by atoms with van der Waals surface area (Å²) in [6.07, 6.45) is 5.04. The molecule has 0 radical (unpaired) electrons. The number of hydrogen-bond donors (Lipinski definition) is 2.